The highest BCUT2D eigenvalue weighted by Crippen LogP contribution is 2.37. The fourth-order valence-corrected chi connectivity index (χ4v) is 4.28. The van der Waals surface area contributed by atoms with Crippen LogP contribution in [0.15, 0.2) is 59.8 Å². The molecule has 0 saturated carbocycles. The molecule has 3 aromatic heterocycles. The summed E-state index contributed by atoms with van der Waals surface area (Å²) in [7, 11) is -3.97. The minimum Gasteiger partial charge on any atom is -0.504 e. The molecule has 0 aliphatic carbocycles. The molecule has 0 aliphatic rings. The zero-order chi connectivity index (χ0) is 17.6. The van der Waals surface area contributed by atoms with Crippen LogP contribution in [-0.4, -0.2) is 27.5 Å². The molecule has 122 valence electrons. The maximum Gasteiger partial charge on any atom is 0.269 e. The number of benzene rings is 1. The van der Waals surface area contributed by atoms with Crippen molar-refractivity contribution >= 4 is 32.0 Å². The molecule has 1 aromatic carbocycles. The third-order valence-corrected chi connectivity index (χ3v) is 5.61. The van der Waals surface area contributed by atoms with E-state index in [1.807, 2.05) is 0 Å². The standard InChI is InChI=1S/C17H10N4O3S/c18-9-13-16(22)15-12-7-4-8-19-17(12)21(14(15)10-20-13)25(23,24)11-5-2-1-3-6-11/h1-8,10,22H. The summed E-state index contributed by atoms with van der Waals surface area (Å²) in [4.78, 5) is 8.12. The first-order chi connectivity index (χ1) is 12.1. The topological polar surface area (TPSA) is 109 Å². The SMILES string of the molecule is N#Cc1ncc2c(c1O)c1cccnc1n2S(=O)(=O)c1ccccc1. The summed E-state index contributed by atoms with van der Waals surface area (Å²) >= 11 is 0. The molecule has 0 aliphatic heterocycles. The van der Waals surface area contributed by atoms with Crippen LogP contribution in [0.1, 0.15) is 5.69 Å². The van der Waals surface area contributed by atoms with Gasteiger partial charge in [-0.3, -0.25) is 0 Å². The molecule has 0 amide bonds. The molecule has 0 radical (unpaired) electrons. The lowest BCUT2D eigenvalue weighted by atomic mass is 10.2. The third kappa shape index (κ3) is 2.07. The Balaban J connectivity index is 2.22. The van der Waals surface area contributed by atoms with Gasteiger partial charge in [0.2, 0.25) is 0 Å². The van der Waals surface area contributed by atoms with Crippen LogP contribution in [0.4, 0.5) is 0 Å². The van der Waals surface area contributed by atoms with Crippen molar-refractivity contribution in [3.05, 3.63) is 60.6 Å². The maximum atomic E-state index is 13.1. The number of hydrogen-bond acceptors (Lipinski definition) is 6. The van der Waals surface area contributed by atoms with Gasteiger partial charge in [-0.1, -0.05) is 18.2 Å². The smallest absolute Gasteiger partial charge is 0.269 e. The van der Waals surface area contributed by atoms with Gasteiger partial charge in [-0.05, 0) is 24.3 Å². The highest BCUT2D eigenvalue weighted by Gasteiger charge is 2.26. The number of rotatable bonds is 2. The number of pyridine rings is 2. The van der Waals surface area contributed by atoms with Crippen molar-refractivity contribution in [3.8, 4) is 11.8 Å². The van der Waals surface area contributed by atoms with Crippen LogP contribution in [0.2, 0.25) is 0 Å². The number of fused-ring (bicyclic) bond motifs is 3. The molecule has 1 N–H and O–H groups in total. The molecule has 0 spiro atoms. The molecule has 8 heteroatoms. The van der Waals surface area contributed by atoms with Crippen molar-refractivity contribution in [2.45, 2.75) is 4.90 Å². The van der Waals surface area contributed by atoms with Crippen molar-refractivity contribution in [1.29, 1.82) is 5.26 Å². The Kier molecular flexibility index (Phi) is 3.20. The summed E-state index contributed by atoms with van der Waals surface area (Å²) in [5.74, 6) is -0.361. The lowest BCUT2D eigenvalue weighted by Gasteiger charge is -2.08. The van der Waals surface area contributed by atoms with E-state index in [0.29, 0.717) is 5.39 Å². The maximum absolute atomic E-state index is 13.1. The largest absolute Gasteiger partial charge is 0.504 e. The quantitative estimate of drug-likeness (QED) is 0.594. The van der Waals surface area contributed by atoms with Gasteiger partial charge in [-0.15, -0.1) is 0 Å². The Labute approximate surface area is 142 Å². The average Bonchev–Trinajstić information content (AvgIpc) is 2.98. The van der Waals surface area contributed by atoms with Crippen LogP contribution in [0, 0.1) is 11.3 Å². The third-order valence-electron chi connectivity index (χ3n) is 3.89. The molecule has 0 saturated heterocycles. The van der Waals surface area contributed by atoms with E-state index in [9.17, 15) is 13.5 Å². The molecule has 4 rings (SSSR count). The first-order valence-electron chi connectivity index (χ1n) is 7.23. The predicted molar refractivity (Wildman–Crippen MR) is 90.4 cm³/mol. The number of aromatic hydroxyl groups is 1. The van der Waals surface area contributed by atoms with Gasteiger partial charge in [-0.25, -0.2) is 22.4 Å². The Morgan fingerprint density at radius 1 is 1.08 bits per heavy atom. The van der Waals surface area contributed by atoms with Gasteiger partial charge in [0, 0.05) is 11.6 Å². The summed E-state index contributed by atoms with van der Waals surface area (Å²) in [6, 6.07) is 13.0. The van der Waals surface area contributed by atoms with Crippen LogP contribution in [0.3, 0.4) is 0 Å². The molecule has 4 aromatic rings. The fraction of sp³-hybridized carbons (Fsp3) is 0. The molecule has 0 fully saturated rings. The lowest BCUT2D eigenvalue weighted by Crippen LogP contribution is -2.13. The predicted octanol–water partition coefficient (Wildman–Crippen LogP) is 2.40. The van der Waals surface area contributed by atoms with Gasteiger partial charge in [0.05, 0.1) is 22.0 Å². The summed E-state index contributed by atoms with van der Waals surface area (Å²) < 4.78 is 27.3. The van der Waals surface area contributed by atoms with Gasteiger partial charge in [0.15, 0.2) is 17.1 Å². The molecule has 0 atom stereocenters. The highest BCUT2D eigenvalue weighted by atomic mass is 32.2. The van der Waals surface area contributed by atoms with E-state index < -0.39 is 10.0 Å². The van der Waals surface area contributed by atoms with Crippen LogP contribution >= 0.6 is 0 Å². The van der Waals surface area contributed by atoms with Crippen molar-refractivity contribution in [2.24, 2.45) is 0 Å². The minimum absolute atomic E-state index is 0.0864. The fourth-order valence-electron chi connectivity index (χ4n) is 2.80. The van der Waals surface area contributed by atoms with Crippen molar-refractivity contribution in [3.63, 3.8) is 0 Å². The lowest BCUT2D eigenvalue weighted by molar-refractivity contribution is 0.477. The summed E-state index contributed by atoms with van der Waals surface area (Å²) in [5.41, 5.74) is 0.148. The molecular weight excluding hydrogens is 340 g/mol. The molecule has 0 unspecified atom stereocenters. The van der Waals surface area contributed by atoms with Crippen LogP contribution in [0.5, 0.6) is 5.75 Å². The summed E-state index contributed by atoms with van der Waals surface area (Å²) in [5, 5.41) is 20.1. The molecule has 0 bridgehead atoms. The first kappa shape index (κ1) is 15.1. The van der Waals surface area contributed by atoms with E-state index in [4.69, 9.17) is 5.26 Å². The van der Waals surface area contributed by atoms with Gasteiger partial charge >= 0.3 is 0 Å². The van der Waals surface area contributed by atoms with Gasteiger partial charge in [0.1, 0.15) is 6.07 Å². The van der Waals surface area contributed by atoms with E-state index in [0.717, 1.165) is 3.97 Å². The Morgan fingerprint density at radius 3 is 2.56 bits per heavy atom. The normalized spacial score (nSPS) is 11.6. The van der Waals surface area contributed by atoms with E-state index in [-0.39, 0.29) is 32.9 Å². The second kappa shape index (κ2) is 5.29. The molecule has 25 heavy (non-hydrogen) atoms. The first-order valence-corrected chi connectivity index (χ1v) is 8.67. The van der Waals surface area contributed by atoms with Crippen molar-refractivity contribution < 1.29 is 13.5 Å². The molecule has 3 heterocycles. The molecular formula is C17H10N4O3S. The Morgan fingerprint density at radius 2 is 1.84 bits per heavy atom. The van der Waals surface area contributed by atoms with E-state index >= 15 is 0 Å². The van der Waals surface area contributed by atoms with Gasteiger partial charge < -0.3 is 5.11 Å². The van der Waals surface area contributed by atoms with Crippen LogP contribution < -0.4 is 0 Å². The number of nitriles is 1. The van der Waals surface area contributed by atoms with Gasteiger partial charge in [-0.2, -0.15) is 5.26 Å². The minimum atomic E-state index is -3.97. The zero-order valence-electron chi connectivity index (χ0n) is 12.7. The second-order valence-corrected chi connectivity index (χ2v) is 7.07. The van der Waals surface area contributed by atoms with Crippen molar-refractivity contribution in [2.75, 3.05) is 0 Å². The summed E-state index contributed by atoms with van der Waals surface area (Å²) in [6.07, 6.45) is 2.73. The molecule has 7 nitrogen and oxygen atoms in total. The van der Waals surface area contributed by atoms with Gasteiger partial charge in [0.25, 0.3) is 10.0 Å². The van der Waals surface area contributed by atoms with E-state index in [1.165, 1.54) is 24.5 Å². The number of nitrogens with zero attached hydrogens (tertiary/aromatic N) is 4. The summed E-state index contributed by atoms with van der Waals surface area (Å²) in [6.45, 7) is 0. The average molecular weight is 350 g/mol. The second-order valence-electron chi connectivity index (χ2n) is 5.28. The number of hydrogen-bond donors (Lipinski definition) is 1. The van der Waals surface area contributed by atoms with Crippen LogP contribution in [0.25, 0.3) is 21.9 Å². The van der Waals surface area contributed by atoms with E-state index in [1.54, 1.807) is 36.4 Å². The number of aromatic nitrogens is 3. The highest BCUT2D eigenvalue weighted by molar-refractivity contribution is 7.90. The zero-order valence-corrected chi connectivity index (χ0v) is 13.5. The Hall–Kier alpha value is -3.44. The Bertz CT molecular complexity index is 1270. The van der Waals surface area contributed by atoms with E-state index in [2.05, 4.69) is 9.97 Å². The van der Waals surface area contributed by atoms with Crippen LogP contribution in [-0.2, 0) is 10.0 Å². The monoisotopic (exact) mass is 350 g/mol. The van der Waals surface area contributed by atoms with Crippen molar-refractivity contribution in [1.82, 2.24) is 13.9 Å².